The average Bonchev–Trinajstić information content (AvgIpc) is 2.57. The van der Waals surface area contributed by atoms with E-state index >= 15 is 0 Å². The Bertz CT molecular complexity index is 795. The second-order valence-electron chi connectivity index (χ2n) is 5.26. The predicted molar refractivity (Wildman–Crippen MR) is 97.7 cm³/mol. The highest BCUT2D eigenvalue weighted by atomic mass is 32.2. The van der Waals surface area contributed by atoms with Gasteiger partial charge in [0.2, 0.25) is 5.91 Å². The second-order valence-corrected chi connectivity index (χ2v) is 6.20. The van der Waals surface area contributed by atoms with Gasteiger partial charge in [-0.25, -0.2) is 14.8 Å². The van der Waals surface area contributed by atoms with Crippen LogP contribution in [0.25, 0.3) is 0 Å². The Hall–Kier alpha value is -2.61. The van der Waals surface area contributed by atoms with Crippen molar-refractivity contribution in [2.24, 2.45) is 0 Å². The minimum absolute atomic E-state index is 0.0332. The third kappa shape index (κ3) is 4.93. The van der Waals surface area contributed by atoms with Crippen molar-refractivity contribution in [2.75, 3.05) is 23.4 Å². The van der Waals surface area contributed by atoms with E-state index in [-0.39, 0.29) is 29.6 Å². The number of carbonyl (C=O) groups excluding carboxylic acids is 2. The molecule has 1 aromatic heterocycles. The van der Waals surface area contributed by atoms with Crippen LogP contribution >= 0.6 is 11.8 Å². The number of carbonyl (C=O) groups is 2. The lowest BCUT2D eigenvalue weighted by Crippen LogP contribution is -2.16. The molecule has 3 N–H and O–H groups in total. The maximum Gasteiger partial charge on any atom is 0.343 e. The van der Waals surface area contributed by atoms with E-state index in [1.54, 1.807) is 6.92 Å². The third-order valence-electron chi connectivity index (χ3n) is 3.50. The fourth-order valence-electron chi connectivity index (χ4n) is 2.02. The molecule has 0 aliphatic rings. The van der Waals surface area contributed by atoms with E-state index in [9.17, 15) is 9.59 Å². The fourth-order valence-corrected chi connectivity index (χ4v) is 2.64. The van der Waals surface area contributed by atoms with Gasteiger partial charge in [0, 0.05) is 11.9 Å². The van der Waals surface area contributed by atoms with Gasteiger partial charge < -0.3 is 15.8 Å². The number of aryl methyl sites for hydroxylation is 1. The quantitative estimate of drug-likeness (QED) is 0.463. The number of ether oxygens (including phenoxy) is 1. The van der Waals surface area contributed by atoms with Crippen molar-refractivity contribution < 1.29 is 14.3 Å². The van der Waals surface area contributed by atoms with Gasteiger partial charge >= 0.3 is 5.97 Å². The number of aromatic nitrogens is 2. The van der Waals surface area contributed by atoms with E-state index in [1.807, 2.05) is 32.0 Å². The molecule has 0 atom stereocenters. The van der Waals surface area contributed by atoms with Crippen LogP contribution < -0.4 is 11.1 Å². The number of rotatable bonds is 6. The lowest BCUT2D eigenvalue weighted by Gasteiger charge is -2.10. The highest BCUT2D eigenvalue weighted by Gasteiger charge is 2.14. The third-order valence-corrected chi connectivity index (χ3v) is 4.36. The van der Waals surface area contributed by atoms with Crippen LogP contribution in [0.5, 0.6) is 0 Å². The Balaban J connectivity index is 1.97. The molecule has 0 spiro atoms. The minimum Gasteiger partial charge on any atom is -0.462 e. The Morgan fingerprint density at radius 3 is 2.76 bits per heavy atom. The summed E-state index contributed by atoms with van der Waals surface area (Å²) in [6.07, 6.45) is 1.31. The summed E-state index contributed by atoms with van der Waals surface area (Å²) in [5, 5.41) is 3.18. The Morgan fingerprint density at radius 2 is 2.08 bits per heavy atom. The maximum absolute atomic E-state index is 12.1. The van der Waals surface area contributed by atoms with Crippen LogP contribution in [-0.4, -0.2) is 34.2 Å². The molecule has 0 radical (unpaired) electrons. The Kier molecular flexibility index (Phi) is 6.35. The summed E-state index contributed by atoms with van der Waals surface area (Å²) in [5.74, 6) is -0.573. The van der Waals surface area contributed by atoms with E-state index in [0.717, 1.165) is 28.6 Å². The summed E-state index contributed by atoms with van der Waals surface area (Å²) in [5.41, 5.74) is 8.79. The molecule has 0 aliphatic heterocycles. The molecule has 0 aliphatic carbocycles. The van der Waals surface area contributed by atoms with Gasteiger partial charge in [0.15, 0.2) is 5.16 Å². The molecule has 0 saturated carbocycles. The largest absolute Gasteiger partial charge is 0.462 e. The topological polar surface area (TPSA) is 107 Å². The van der Waals surface area contributed by atoms with Crippen molar-refractivity contribution in [3.05, 3.63) is 41.1 Å². The number of nitrogens with zero attached hydrogens (tertiary/aromatic N) is 2. The van der Waals surface area contributed by atoms with Crippen molar-refractivity contribution in [1.82, 2.24) is 9.97 Å². The zero-order valence-corrected chi connectivity index (χ0v) is 15.1. The first-order valence-corrected chi connectivity index (χ1v) is 8.69. The zero-order chi connectivity index (χ0) is 18.4. The molecule has 0 saturated heterocycles. The number of thioether (sulfide) groups is 1. The fraction of sp³-hybridized carbons (Fsp3) is 0.294. The van der Waals surface area contributed by atoms with Crippen LogP contribution in [0.1, 0.15) is 28.4 Å². The number of benzene rings is 1. The minimum atomic E-state index is -0.566. The van der Waals surface area contributed by atoms with Crippen molar-refractivity contribution in [3.63, 3.8) is 0 Å². The highest BCUT2D eigenvalue weighted by molar-refractivity contribution is 7.99. The van der Waals surface area contributed by atoms with Gasteiger partial charge in [-0.05, 0) is 38.0 Å². The second kappa shape index (κ2) is 8.48. The molecule has 1 heterocycles. The molecule has 25 heavy (non-hydrogen) atoms. The molecule has 0 bridgehead atoms. The molecular formula is C17H20N4O3S. The van der Waals surface area contributed by atoms with Gasteiger partial charge in [0.1, 0.15) is 11.4 Å². The first-order valence-electron chi connectivity index (χ1n) is 7.70. The molecule has 132 valence electrons. The van der Waals surface area contributed by atoms with Gasteiger partial charge in [-0.3, -0.25) is 4.79 Å². The Labute approximate surface area is 150 Å². The summed E-state index contributed by atoms with van der Waals surface area (Å²) in [6.45, 7) is 5.89. The predicted octanol–water partition coefficient (Wildman–Crippen LogP) is 2.58. The molecule has 1 aromatic carbocycles. The van der Waals surface area contributed by atoms with Crippen LogP contribution in [0.2, 0.25) is 0 Å². The summed E-state index contributed by atoms with van der Waals surface area (Å²) in [4.78, 5) is 31.8. The molecule has 0 fully saturated rings. The number of nitrogen functional groups attached to an aromatic ring is 1. The summed E-state index contributed by atoms with van der Waals surface area (Å²) < 4.78 is 4.86. The van der Waals surface area contributed by atoms with Crippen LogP contribution in [0, 0.1) is 13.8 Å². The first-order chi connectivity index (χ1) is 11.9. The molecule has 8 heteroatoms. The number of nitrogens with two attached hydrogens (primary N) is 1. The monoisotopic (exact) mass is 360 g/mol. The van der Waals surface area contributed by atoms with Crippen molar-refractivity contribution in [3.8, 4) is 0 Å². The number of hydrogen-bond donors (Lipinski definition) is 2. The number of hydrogen-bond acceptors (Lipinski definition) is 7. The van der Waals surface area contributed by atoms with E-state index < -0.39 is 5.97 Å². The smallest absolute Gasteiger partial charge is 0.343 e. The zero-order valence-electron chi connectivity index (χ0n) is 14.3. The lowest BCUT2D eigenvalue weighted by atomic mass is 10.1. The molecule has 2 aromatic rings. The molecule has 1 amide bonds. The average molecular weight is 360 g/mol. The van der Waals surface area contributed by atoms with Gasteiger partial charge in [-0.1, -0.05) is 23.9 Å². The molecule has 2 rings (SSSR count). The maximum atomic E-state index is 12.1. The lowest BCUT2D eigenvalue weighted by molar-refractivity contribution is -0.113. The highest BCUT2D eigenvalue weighted by Crippen LogP contribution is 2.20. The van der Waals surface area contributed by atoms with Crippen molar-refractivity contribution in [1.29, 1.82) is 0 Å². The number of esters is 1. The van der Waals surface area contributed by atoms with Crippen LogP contribution in [0.4, 0.5) is 11.5 Å². The van der Waals surface area contributed by atoms with Crippen LogP contribution in [-0.2, 0) is 9.53 Å². The van der Waals surface area contributed by atoms with E-state index in [0.29, 0.717) is 5.16 Å². The Morgan fingerprint density at radius 1 is 1.32 bits per heavy atom. The summed E-state index contributed by atoms with van der Waals surface area (Å²) in [6, 6.07) is 5.73. The normalized spacial score (nSPS) is 10.4. The summed E-state index contributed by atoms with van der Waals surface area (Å²) >= 11 is 1.14. The SMILES string of the molecule is CCOC(=O)c1cnc(SCC(=O)Nc2cccc(C)c2C)nc1N. The number of amides is 1. The van der Waals surface area contributed by atoms with Gasteiger partial charge in [0.25, 0.3) is 0 Å². The van der Waals surface area contributed by atoms with Gasteiger partial charge in [0.05, 0.1) is 12.4 Å². The van der Waals surface area contributed by atoms with Crippen LogP contribution in [0.15, 0.2) is 29.6 Å². The molecule has 7 nitrogen and oxygen atoms in total. The van der Waals surface area contributed by atoms with E-state index in [1.165, 1.54) is 6.20 Å². The van der Waals surface area contributed by atoms with Gasteiger partial charge in [-0.2, -0.15) is 0 Å². The van der Waals surface area contributed by atoms with Crippen LogP contribution in [0.3, 0.4) is 0 Å². The van der Waals surface area contributed by atoms with Crippen molar-refractivity contribution >= 4 is 35.1 Å². The number of anilines is 2. The standard InChI is InChI=1S/C17H20N4O3S/c1-4-24-16(23)12-8-19-17(21-15(12)18)25-9-14(22)20-13-7-5-6-10(2)11(13)3/h5-8H,4,9H2,1-3H3,(H,20,22)(H2,18,19,21). The molecule has 0 unspecified atom stereocenters. The number of nitrogens with one attached hydrogen (secondary N) is 1. The van der Waals surface area contributed by atoms with Crippen molar-refractivity contribution in [2.45, 2.75) is 25.9 Å². The van der Waals surface area contributed by atoms with Gasteiger partial charge in [-0.15, -0.1) is 0 Å². The molecular weight excluding hydrogens is 340 g/mol. The van der Waals surface area contributed by atoms with E-state index in [4.69, 9.17) is 10.5 Å². The summed E-state index contributed by atoms with van der Waals surface area (Å²) in [7, 11) is 0. The first kappa shape index (κ1) is 18.7. The van der Waals surface area contributed by atoms with E-state index in [2.05, 4.69) is 15.3 Å².